The molecule has 1 aliphatic rings. The van der Waals surface area contributed by atoms with E-state index < -0.39 is 0 Å². The maximum atomic E-state index is 12.5. The van der Waals surface area contributed by atoms with Gasteiger partial charge in [-0.05, 0) is 82.5 Å². The molecule has 2 amide bonds. The number of benzene rings is 1. The number of hydrogen-bond acceptors (Lipinski definition) is 2. The Hall–Kier alpha value is 0.280. The number of nitrogens with zero attached hydrogens (tertiary/aromatic N) is 1. The third-order valence-corrected chi connectivity index (χ3v) is 8.12. The van der Waals surface area contributed by atoms with E-state index in [9.17, 15) is 9.59 Å². The van der Waals surface area contributed by atoms with Crippen molar-refractivity contribution >= 4 is 75.5 Å². The number of fused-ring (bicyclic) bond motifs is 1. The fraction of sp³-hybridized carbons (Fsp3) is 0.429. The molecule has 0 fully saturated rings. The zero-order valence-corrected chi connectivity index (χ0v) is 17.8. The van der Waals surface area contributed by atoms with E-state index in [2.05, 4.69) is 77.6 Å². The molecule has 0 aromatic heterocycles. The van der Waals surface area contributed by atoms with Gasteiger partial charge in [0.15, 0.2) is 0 Å². The van der Waals surface area contributed by atoms with Crippen LogP contribution in [0, 0.1) is 5.92 Å². The Balaban J connectivity index is 2.38. The van der Waals surface area contributed by atoms with Crippen LogP contribution in [-0.2, 0) is 0 Å². The molecule has 0 saturated carbocycles. The minimum absolute atomic E-state index is 0.237. The van der Waals surface area contributed by atoms with E-state index in [1.807, 2.05) is 0 Å². The Kier molecular flexibility index (Phi) is 5.71. The molecule has 2 rings (SSSR count). The largest absolute Gasteiger partial charge is 0.274 e. The van der Waals surface area contributed by atoms with Crippen molar-refractivity contribution in [2.45, 2.75) is 26.7 Å². The van der Waals surface area contributed by atoms with Crippen LogP contribution in [0.5, 0.6) is 0 Å². The molecular formula is C14H13Br4NO2. The number of carbonyl (C=O) groups excluding carboxylic acids is 2. The van der Waals surface area contributed by atoms with E-state index in [1.165, 1.54) is 4.90 Å². The third kappa shape index (κ3) is 3.16. The van der Waals surface area contributed by atoms with Gasteiger partial charge in [-0.1, -0.05) is 13.8 Å². The first-order valence-electron chi connectivity index (χ1n) is 6.49. The lowest BCUT2D eigenvalue weighted by Gasteiger charge is -2.14. The van der Waals surface area contributed by atoms with Crippen LogP contribution in [-0.4, -0.2) is 23.3 Å². The molecule has 1 aromatic rings. The van der Waals surface area contributed by atoms with Crippen LogP contribution in [0.4, 0.5) is 0 Å². The summed E-state index contributed by atoms with van der Waals surface area (Å²) in [4.78, 5) is 26.4. The number of carbonyl (C=O) groups is 2. The molecule has 0 bridgehead atoms. The number of halogens is 4. The molecule has 1 aliphatic heterocycles. The first-order valence-corrected chi connectivity index (χ1v) is 9.66. The summed E-state index contributed by atoms with van der Waals surface area (Å²) in [6.07, 6.45) is 1.81. The molecule has 0 saturated heterocycles. The Morgan fingerprint density at radius 3 is 1.67 bits per heavy atom. The summed E-state index contributed by atoms with van der Waals surface area (Å²) in [6.45, 7) is 4.71. The number of hydrogen-bond donors (Lipinski definition) is 0. The smallest absolute Gasteiger partial charge is 0.262 e. The first kappa shape index (κ1) is 17.6. The van der Waals surface area contributed by atoms with Gasteiger partial charge in [-0.2, -0.15) is 0 Å². The molecule has 0 unspecified atom stereocenters. The normalized spacial score (nSPS) is 14.3. The monoisotopic (exact) mass is 543 g/mol. The van der Waals surface area contributed by atoms with Gasteiger partial charge in [0.25, 0.3) is 11.8 Å². The zero-order chi connectivity index (χ0) is 15.9. The summed E-state index contributed by atoms with van der Waals surface area (Å²) in [5, 5.41) is 0. The lowest BCUT2D eigenvalue weighted by Crippen LogP contribution is -2.31. The summed E-state index contributed by atoms with van der Waals surface area (Å²) in [6, 6.07) is 0. The van der Waals surface area contributed by atoms with Crippen LogP contribution >= 0.6 is 63.7 Å². The quantitative estimate of drug-likeness (QED) is 0.273. The van der Waals surface area contributed by atoms with Gasteiger partial charge in [-0.25, -0.2) is 0 Å². The molecular weight excluding hydrogens is 534 g/mol. The second-order valence-corrected chi connectivity index (χ2v) is 8.48. The highest BCUT2D eigenvalue weighted by Gasteiger charge is 2.40. The van der Waals surface area contributed by atoms with Crippen LogP contribution in [0.2, 0.25) is 0 Å². The van der Waals surface area contributed by atoms with Crippen molar-refractivity contribution in [2.75, 3.05) is 6.54 Å². The lowest BCUT2D eigenvalue weighted by molar-refractivity contribution is 0.0649. The van der Waals surface area contributed by atoms with Crippen molar-refractivity contribution < 1.29 is 9.59 Å². The lowest BCUT2D eigenvalue weighted by atomic mass is 10.1. The average molecular weight is 547 g/mol. The van der Waals surface area contributed by atoms with E-state index in [0.29, 0.717) is 32.5 Å². The van der Waals surface area contributed by atoms with Crippen LogP contribution in [0.1, 0.15) is 47.4 Å². The summed E-state index contributed by atoms with van der Waals surface area (Å²) in [7, 11) is 0. The predicted molar refractivity (Wildman–Crippen MR) is 96.7 cm³/mol. The van der Waals surface area contributed by atoms with E-state index in [0.717, 1.165) is 21.8 Å². The van der Waals surface area contributed by atoms with Crippen molar-refractivity contribution in [1.29, 1.82) is 0 Å². The Morgan fingerprint density at radius 1 is 0.857 bits per heavy atom. The van der Waals surface area contributed by atoms with Crippen molar-refractivity contribution in [2.24, 2.45) is 5.92 Å². The van der Waals surface area contributed by atoms with Gasteiger partial charge in [-0.3, -0.25) is 14.5 Å². The van der Waals surface area contributed by atoms with E-state index in [4.69, 9.17) is 0 Å². The van der Waals surface area contributed by atoms with Gasteiger partial charge in [-0.15, -0.1) is 0 Å². The summed E-state index contributed by atoms with van der Waals surface area (Å²) >= 11 is 13.6. The zero-order valence-electron chi connectivity index (χ0n) is 11.5. The minimum atomic E-state index is -0.237. The topological polar surface area (TPSA) is 37.4 Å². The molecule has 0 atom stereocenters. The summed E-state index contributed by atoms with van der Waals surface area (Å²) in [5.41, 5.74) is 0.845. The minimum Gasteiger partial charge on any atom is -0.274 e. The molecule has 0 radical (unpaired) electrons. The molecule has 114 valence electrons. The van der Waals surface area contributed by atoms with Crippen LogP contribution < -0.4 is 0 Å². The average Bonchev–Trinajstić information content (AvgIpc) is 2.67. The van der Waals surface area contributed by atoms with Crippen LogP contribution in [0.3, 0.4) is 0 Å². The maximum absolute atomic E-state index is 12.5. The number of rotatable bonds is 4. The van der Waals surface area contributed by atoms with Crippen LogP contribution in [0.15, 0.2) is 17.9 Å². The van der Waals surface area contributed by atoms with Gasteiger partial charge in [0.1, 0.15) is 0 Å². The van der Waals surface area contributed by atoms with Gasteiger partial charge < -0.3 is 0 Å². The highest BCUT2D eigenvalue weighted by Crippen LogP contribution is 2.45. The fourth-order valence-corrected chi connectivity index (χ4v) is 4.71. The molecule has 1 aromatic carbocycles. The predicted octanol–water partition coefficient (Wildman–Crippen LogP) is 5.77. The Labute approximate surface area is 157 Å². The number of amides is 2. The molecule has 0 N–H and O–H groups in total. The van der Waals surface area contributed by atoms with E-state index in [-0.39, 0.29) is 11.8 Å². The van der Waals surface area contributed by atoms with Crippen molar-refractivity contribution in [3.05, 3.63) is 29.0 Å². The first-order chi connectivity index (χ1) is 9.77. The number of imide groups is 1. The fourth-order valence-electron chi connectivity index (χ4n) is 2.26. The van der Waals surface area contributed by atoms with Gasteiger partial charge in [0.05, 0.1) is 11.1 Å². The second-order valence-electron chi connectivity index (χ2n) is 5.30. The second kappa shape index (κ2) is 6.81. The molecule has 0 aliphatic carbocycles. The van der Waals surface area contributed by atoms with E-state index in [1.54, 1.807) is 0 Å². The van der Waals surface area contributed by atoms with Crippen molar-refractivity contribution in [1.82, 2.24) is 4.90 Å². The molecule has 3 nitrogen and oxygen atoms in total. The standard InChI is InChI=1S/C14H13Br4NO2/c1-6(2)4-3-5-19-13(20)7-8(14(19)21)10(16)12(18)11(17)9(7)15/h6H,3-5H2,1-2H3. The highest BCUT2D eigenvalue weighted by molar-refractivity contribution is 9.15. The van der Waals surface area contributed by atoms with Crippen molar-refractivity contribution in [3.63, 3.8) is 0 Å². The summed E-state index contributed by atoms with van der Waals surface area (Å²) < 4.78 is 2.66. The Bertz CT molecular complexity index is 581. The van der Waals surface area contributed by atoms with Gasteiger partial charge in [0.2, 0.25) is 0 Å². The van der Waals surface area contributed by atoms with Crippen molar-refractivity contribution in [3.8, 4) is 0 Å². The Morgan fingerprint density at radius 2 is 1.29 bits per heavy atom. The molecule has 21 heavy (non-hydrogen) atoms. The third-order valence-electron chi connectivity index (χ3n) is 3.35. The molecule has 0 spiro atoms. The molecule has 1 heterocycles. The van der Waals surface area contributed by atoms with Crippen LogP contribution in [0.25, 0.3) is 0 Å². The summed E-state index contributed by atoms with van der Waals surface area (Å²) in [5.74, 6) is 0.0843. The highest BCUT2D eigenvalue weighted by atomic mass is 79.9. The molecule has 7 heteroatoms. The SMILES string of the molecule is CC(C)CCCN1C(=O)c2c(Br)c(Br)c(Br)c(Br)c2C1=O. The van der Waals surface area contributed by atoms with E-state index >= 15 is 0 Å². The maximum Gasteiger partial charge on any atom is 0.262 e. The van der Waals surface area contributed by atoms with Gasteiger partial charge in [0, 0.05) is 24.4 Å². The van der Waals surface area contributed by atoms with Gasteiger partial charge >= 0.3 is 0 Å².